The van der Waals surface area contributed by atoms with E-state index in [4.69, 9.17) is 5.10 Å². The van der Waals surface area contributed by atoms with Crippen LogP contribution in [0, 0.1) is 0 Å². The van der Waals surface area contributed by atoms with Gasteiger partial charge in [0, 0.05) is 22.1 Å². The van der Waals surface area contributed by atoms with Gasteiger partial charge in [0.15, 0.2) is 0 Å². The number of benzene rings is 8. The van der Waals surface area contributed by atoms with E-state index in [0.717, 1.165) is 44.5 Å². The molecule has 0 fully saturated rings. The average Bonchev–Trinajstić information content (AvgIpc) is 3.65. The van der Waals surface area contributed by atoms with Gasteiger partial charge in [0.25, 0.3) is 0 Å². The van der Waals surface area contributed by atoms with Crippen LogP contribution in [0.5, 0.6) is 0 Å². The van der Waals surface area contributed by atoms with Crippen molar-refractivity contribution >= 4 is 27.1 Å². The van der Waals surface area contributed by atoms with Crippen molar-refractivity contribution in [2.24, 2.45) is 0 Å². The first-order valence-electron chi connectivity index (χ1n) is 18.1. The molecule has 10 aromatic rings. The molecular formula is C51H34N2. The number of hydrogen-bond acceptors (Lipinski definition) is 1. The third-order valence-electron chi connectivity index (χ3n) is 10.4. The van der Waals surface area contributed by atoms with E-state index in [1.807, 2.05) is 0 Å². The third-order valence-corrected chi connectivity index (χ3v) is 10.4. The van der Waals surface area contributed by atoms with Crippen LogP contribution in [0.1, 0.15) is 0 Å². The number of aromatic nitrogens is 2. The molecule has 10 rings (SSSR count). The molecule has 0 unspecified atom stereocenters. The predicted octanol–water partition coefficient (Wildman–Crippen LogP) is 13.6. The van der Waals surface area contributed by atoms with Crippen LogP contribution in [0.15, 0.2) is 206 Å². The number of rotatable bonds is 6. The van der Waals surface area contributed by atoms with Gasteiger partial charge in [0.05, 0.1) is 11.2 Å². The molecule has 53 heavy (non-hydrogen) atoms. The molecule has 0 N–H and O–H groups in total. The molecule has 0 radical (unpaired) electrons. The zero-order valence-electron chi connectivity index (χ0n) is 29.0. The van der Waals surface area contributed by atoms with Gasteiger partial charge in [-0.25, -0.2) is 4.52 Å². The van der Waals surface area contributed by atoms with Crippen molar-refractivity contribution < 1.29 is 0 Å². The molecule has 0 amide bonds. The average molecular weight is 675 g/mol. The van der Waals surface area contributed by atoms with Gasteiger partial charge in [0.1, 0.15) is 5.69 Å². The van der Waals surface area contributed by atoms with Crippen molar-refractivity contribution in [3.8, 4) is 67.0 Å². The van der Waals surface area contributed by atoms with Gasteiger partial charge < -0.3 is 0 Å². The molecule has 2 nitrogen and oxygen atoms in total. The molecule has 0 saturated heterocycles. The molecule has 8 aromatic carbocycles. The van der Waals surface area contributed by atoms with E-state index in [-0.39, 0.29) is 0 Å². The highest BCUT2D eigenvalue weighted by atomic mass is 15.2. The SMILES string of the molecule is c1ccc(-c2cc3cc(-c4ccccc4)n4nc(-c5ccccc5)c(-c5cccc(-c6cccc7ccccc67)c5)c4c3cc2-c2ccccc2)cc1. The first kappa shape index (κ1) is 30.8. The Balaban J connectivity index is 1.35. The summed E-state index contributed by atoms with van der Waals surface area (Å²) in [5, 5.41) is 10.3. The summed E-state index contributed by atoms with van der Waals surface area (Å²) in [6.45, 7) is 0. The van der Waals surface area contributed by atoms with E-state index in [9.17, 15) is 0 Å². The Morgan fingerprint density at radius 3 is 1.55 bits per heavy atom. The standard InChI is InChI=1S/C51H34N2/c1-5-17-36(18-6-1)45-32-42-33-48(38-22-9-3-10-23-38)53-51(47(42)34-46(45)37-19-7-2-8-20-37)49(50(52-53)39-24-11-4-12-25-39)41-28-15-27-40(31-41)44-30-16-26-35-21-13-14-29-43(35)44/h1-34H. The highest BCUT2D eigenvalue weighted by molar-refractivity contribution is 6.12. The fourth-order valence-electron chi connectivity index (χ4n) is 7.91. The Morgan fingerprint density at radius 1 is 0.321 bits per heavy atom. The Morgan fingerprint density at radius 2 is 0.849 bits per heavy atom. The lowest BCUT2D eigenvalue weighted by Gasteiger charge is -2.16. The summed E-state index contributed by atoms with van der Waals surface area (Å²) in [5.74, 6) is 0. The van der Waals surface area contributed by atoms with Gasteiger partial charge >= 0.3 is 0 Å². The summed E-state index contributed by atoms with van der Waals surface area (Å²) in [6, 6.07) is 74.1. The maximum Gasteiger partial charge on any atom is 0.101 e. The minimum atomic E-state index is 0.957. The quantitative estimate of drug-likeness (QED) is 0.172. The zero-order chi connectivity index (χ0) is 35.1. The summed E-state index contributed by atoms with van der Waals surface area (Å²) in [6.07, 6.45) is 0. The fourth-order valence-corrected chi connectivity index (χ4v) is 7.91. The van der Waals surface area contributed by atoms with E-state index < -0.39 is 0 Å². The molecule has 248 valence electrons. The van der Waals surface area contributed by atoms with Gasteiger partial charge in [-0.05, 0) is 79.4 Å². The summed E-state index contributed by atoms with van der Waals surface area (Å²) >= 11 is 0. The summed E-state index contributed by atoms with van der Waals surface area (Å²) in [5.41, 5.74) is 14.7. The molecule has 0 spiro atoms. The first-order valence-corrected chi connectivity index (χ1v) is 18.1. The third kappa shape index (κ3) is 5.40. The van der Waals surface area contributed by atoms with Crippen LogP contribution in [-0.4, -0.2) is 9.61 Å². The monoisotopic (exact) mass is 674 g/mol. The van der Waals surface area contributed by atoms with Crippen molar-refractivity contribution in [3.63, 3.8) is 0 Å². The van der Waals surface area contributed by atoms with Crippen LogP contribution in [0.2, 0.25) is 0 Å². The normalized spacial score (nSPS) is 11.4. The second-order valence-corrected chi connectivity index (χ2v) is 13.6. The van der Waals surface area contributed by atoms with Crippen LogP contribution in [-0.2, 0) is 0 Å². The van der Waals surface area contributed by atoms with Crippen LogP contribution >= 0.6 is 0 Å². The first-order chi connectivity index (χ1) is 26.3. The maximum absolute atomic E-state index is 5.54. The van der Waals surface area contributed by atoms with Gasteiger partial charge in [-0.15, -0.1) is 0 Å². The highest BCUT2D eigenvalue weighted by Gasteiger charge is 2.23. The van der Waals surface area contributed by atoms with Crippen LogP contribution in [0.25, 0.3) is 94.1 Å². The number of nitrogens with zero attached hydrogens (tertiary/aromatic N) is 2. The van der Waals surface area contributed by atoms with E-state index in [0.29, 0.717) is 0 Å². The van der Waals surface area contributed by atoms with Crippen molar-refractivity contribution in [2.75, 3.05) is 0 Å². The topological polar surface area (TPSA) is 17.3 Å². The zero-order valence-corrected chi connectivity index (χ0v) is 29.0. The van der Waals surface area contributed by atoms with Gasteiger partial charge in [-0.2, -0.15) is 5.10 Å². The molecule has 2 heterocycles. The smallest absolute Gasteiger partial charge is 0.101 e. The van der Waals surface area contributed by atoms with Crippen LogP contribution in [0.3, 0.4) is 0 Å². The molecule has 0 atom stereocenters. The number of pyridine rings is 1. The van der Waals surface area contributed by atoms with E-state index in [1.54, 1.807) is 0 Å². The van der Waals surface area contributed by atoms with Crippen molar-refractivity contribution in [3.05, 3.63) is 206 Å². The Kier molecular flexibility index (Phi) is 7.51. The van der Waals surface area contributed by atoms with E-state index in [2.05, 4.69) is 211 Å². The van der Waals surface area contributed by atoms with Crippen molar-refractivity contribution in [1.29, 1.82) is 0 Å². The summed E-state index contributed by atoms with van der Waals surface area (Å²) in [4.78, 5) is 0. The largest absolute Gasteiger partial charge is 0.231 e. The molecular weight excluding hydrogens is 641 g/mol. The van der Waals surface area contributed by atoms with Crippen molar-refractivity contribution in [2.45, 2.75) is 0 Å². The molecule has 0 aliphatic rings. The minimum absolute atomic E-state index is 0.957. The van der Waals surface area contributed by atoms with Gasteiger partial charge in [-0.3, -0.25) is 0 Å². The maximum atomic E-state index is 5.54. The van der Waals surface area contributed by atoms with Crippen LogP contribution < -0.4 is 0 Å². The Hall–Kier alpha value is -7.03. The molecule has 2 heteroatoms. The highest BCUT2D eigenvalue weighted by Crippen LogP contribution is 2.45. The molecule has 0 saturated carbocycles. The Labute approximate surface area is 308 Å². The lowest BCUT2D eigenvalue weighted by molar-refractivity contribution is 0.979. The number of hydrogen-bond donors (Lipinski definition) is 0. The molecule has 0 aliphatic heterocycles. The number of fused-ring (bicyclic) bond motifs is 4. The second kappa shape index (κ2) is 12.9. The second-order valence-electron chi connectivity index (χ2n) is 13.6. The van der Waals surface area contributed by atoms with E-state index >= 15 is 0 Å². The lowest BCUT2D eigenvalue weighted by atomic mass is 9.89. The summed E-state index contributed by atoms with van der Waals surface area (Å²) < 4.78 is 2.19. The molecule has 0 bridgehead atoms. The predicted molar refractivity (Wildman–Crippen MR) is 223 cm³/mol. The van der Waals surface area contributed by atoms with Crippen molar-refractivity contribution in [1.82, 2.24) is 9.61 Å². The van der Waals surface area contributed by atoms with Crippen LogP contribution in [0.4, 0.5) is 0 Å². The minimum Gasteiger partial charge on any atom is -0.231 e. The van der Waals surface area contributed by atoms with Gasteiger partial charge in [0.2, 0.25) is 0 Å². The molecule has 0 aliphatic carbocycles. The van der Waals surface area contributed by atoms with E-state index in [1.165, 1.54) is 49.5 Å². The molecule has 2 aromatic heterocycles. The van der Waals surface area contributed by atoms with Gasteiger partial charge in [-0.1, -0.05) is 182 Å². The fraction of sp³-hybridized carbons (Fsp3) is 0. The lowest BCUT2D eigenvalue weighted by Crippen LogP contribution is -1.97. The summed E-state index contributed by atoms with van der Waals surface area (Å²) in [7, 11) is 0. The Bertz CT molecular complexity index is 2900.